The molecule has 0 aliphatic heterocycles. The summed E-state index contributed by atoms with van der Waals surface area (Å²) in [5.41, 5.74) is 7.73. The molecule has 0 atom stereocenters. The number of nitrogens with one attached hydrogen (secondary N) is 1. The first-order chi connectivity index (χ1) is 7.68. The van der Waals surface area contributed by atoms with E-state index in [-0.39, 0.29) is 0 Å². The van der Waals surface area contributed by atoms with Crippen LogP contribution in [-0.2, 0) is 6.54 Å². The molecule has 0 fully saturated rings. The van der Waals surface area contributed by atoms with Gasteiger partial charge in [-0.3, -0.25) is 0 Å². The fraction of sp³-hybridized carbons (Fsp3) is 0.0909. The van der Waals surface area contributed by atoms with Gasteiger partial charge in [0, 0.05) is 19.5 Å². The molecule has 0 saturated heterocycles. The van der Waals surface area contributed by atoms with Crippen molar-refractivity contribution in [1.82, 2.24) is 0 Å². The van der Waals surface area contributed by atoms with Crippen molar-refractivity contribution in [1.29, 1.82) is 0 Å². The second-order valence-electron chi connectivity index (χ2n) is 3.25. The second-order valence-corrected chi connectivity index (χ2v) is 5.96. The summed E-state index contributed by atoms with van der Waals surface area (Å²) in [5, 5.41) is 5.36. The Kier molecular flexibility index (Phi) is 3.89. The zero-order valence-corrected chi connectivity index (χ0v) is 12.3. The van der Waals surface area contributed by atoms with E-state index in [1.807, 2.05) is 29.6 Å². The van der Waals surface area contributed by atoms with Gasteiger partial charge in [0.15, 0.2) is 0 Å². The summed E-state index contributed by atoms with van der Waals surface area (Å²) in [5.74, 6) is 0. The van der Waals surface area contributed by atoms with E-state index in [1.165, 1.54) is 0 Å². The molecule has 0 amide bonds. The minimum Gasteiger partial charge on any atom is -0.398 e. The number of anilines is 2. The first kappa shape index (κ1) is 12.0. The summed E-state index contributed by atoms with van der Waals surface area (Å²) in [6.45, 7) is 0.741. The molecule has 0 saturated carbocycles. The molecule has 0 bridgehead atoms. The highest BCUT2D eigenvalue weighted by Gasteiger charge is 2.05. The van der Waals surface area contributed by atoms with Crippen LogP contribution >= 0.6 is 43.2 Å². The maximum atomic E-state index is 5.83. The molecule has 1 heterocycles. The lowest BCUT2D eigenvalue weighted by Gasteiger charge is -2.10. The third-order valence-electron chi connectivity index (χ3n) is 2.17. The third-order valence-corrected chi connectivity index (χ3v) is 4.43. The van der Waals surface area contributed by atoms with Crippen molar-refractivity contribution in [3.8, 4) is 0 Å². The van der Waals surface area contributed by atoms with Crippen LogP contribution in [0.5, 0.6) is 0 Å². The van der Waals surface area contributed by atoms with Gasteiger partial charge in [-0.15, -0.1) is 11.3 Å². The second kappa shape index (κ2) is 5.21. The zero-order valence-electron chi connectivity index (χ0n) is 8.34. The molecule has 2 aromatic rings. The van der Waals surface area contributed by atoms with Crippen molar-refractivity contribution in [2.75, 3.05) is 11.1 Å². The summed E-state index contributed by atoms with van der Waals surface area (Å²) in [4.78, 5) is 1.16. The van der Waals surface area contributed by atoms with E-state index >= 15 is 0 Å². The Morgan fingerprint density at radius 2 is 1.88 bits per heavy atom. The third kappa shape index (κ3) is 2.59. The Bertz CT molecular complexity index is 476. The average molecular weight is 362 g/mol. The molecule has 0 aliphatic carbocycles. The molecule has 1 aromatic heterocycles. The highest BCUT2D eigenvalue weighted by Crippen LogP contribution is 2.31. The van der Waals surface area contributed by atoms with Crippen LogP contribution in [0.3, 0.4) is 0 Å². The zero-order chi connectivity index (χ0) is 11.5. The van der Waals surface area contributed by atoms with Crippen molar-refractivity contribution < 1.29 is 0 Å². The summed E-state index contributed by atoms with van der Waals surface area (Å²) in [6, 6.07) is 7.92. The van der Waals surface area contributed by atoms with Gasteiger partial charge in [-0.05, 0) is 55.4 Å². The van der Waals surface area contributed by atoms with E-state index in [4.69, 9.17) is 5.73 Å². The Morgan fingerprint density at radius 3 is 2.44 bits per heavy atom. The number of benzene rings is 1. The van der Waals surface area contributed by atoms with Crippen LogP contribution in [0.1, 0.15) is 4.88 Å². The molecular weight excluding hydrogens is 352 g/mol. The van der Waals surface area contributed by atoms with Crippen LogP contribution in [0.4, 0.5) is 11.4 Å². The lowest BCUT2D eigenvalue weighted by molar-refractivity contribution is 1.19. The fourth-order valence-corrected chi connectivity index (χ4v) is 3.35. The van der Waals surface area contributed by atoms with Crippen LogP contribution in [0, 0.1) is 0 Å². The van der Waals surface area contributed by atoms with Crippen LogP contribution in [0.15, 0.2) is 38.6 Å². The summed E-state index contributed by atoms with van der Waals surface area (Å²) in [6.07, 6.45) is 0. The average Bonchev–Trinajstić information content (AvgIpc) is 2.64. The topological polar surface area (TPSA) is 38.0 Å². The number of hydrogen-bond donors (Lipinski definition) is 2. The van der Waals surface area contributed by atoms with Crippen LogP contribution in [-0.4, -0.2) is 0 Å². The number of thiophene rings is 1. The Labute approximate surface area is 115 Å². The van der Waals surface area contributed by atoms with E-state index in [1.54, 1.807) is 11.3 Å². The van der Waals surface area contributed by atoms with Crippen molar-refractivity contribution in [2.45, 2.75) is 6.54 Å². The first-order valence-electron chi connectivity index (χ1n) is 4.68. The smallest absolute Gasteiger partial charge is 0.0631 e. The van der Waals surface area contributed by atoms with E-state index in [0.717, 1.165) is 31.7 Å². The lowest BCUT2D eigenvalue weighted by atomic mass is 10.3. The SMILES string of the molecule is Nc1ccsc1CNc1c(Br)cccc1Br. The molecule has 0 radical (unpaired) electrons. The van der Waals surface area contributed by atoms with Gasteiger partial charge >= 0.3 is 0 Å². The Morgan fingerprint density at radius 1 is 1.19 bits per heavy atom. The number of hydrogen-bond acceptors (Lipinski definition) is 3. The first-order valence-corrected chi connectivity index (χ1v) is 7.15. The van der Waals surface area contributed by atoms with E-state index in [2.05, 4.69) is 37.2 Å². The van der Waals surface area contributed by atoms with Gasteiger partial charge in [-0.25, -0.2) is 0 Å². The largest absolute Gasteiger partial charge is 0.398 e. The molecule has 2 rings (SSSR count). The number of nitrogen functional groups attached to an aromatic ring is 1. The van der Waals surface area contributed by atoms with Crippen LogP contribution < -0.4 is 11.1 Å². The fourth-order valence-electron chi connectivity index (χ4n) is 1.33. The van der Waals surface area contributed by atoms with E-state index in [9.17, 15) is 0 Å². The molecule has 16 heavy (non-hydrogen) atoms. The standard InChI is InChI=1S/C11H10Br2N2S/c12-7-2-1-3-8(13)11(7)15-6-10-9(14)4-5-16-10/h1-5,15H,6,14H2. The minimum absolute atomic E-state index is 0.741. The summed E-state index contributed by atoms with van der Waals surface area (Å²) < 4.78 is 2.08. The number of rotatable bonds is 3. The molecule has 0 aliphatic rings. The van der Waals surface area contributed by atoms with Gasteiger partial charge in [0.05, 0.1) is 12.2 Å². The normalized spacial score (nSPS) is 10.4. The number of halogens is 2. The predicted molar refractivity (Wildman–Crippen MR) is 77.9 cm³/mol. The molecular formula is C11H10Br2N2S. The van der Waals surface area contributed by atoms with Crippen molar-refractivity contribution in [3.05, 3.63) is 43.5 Å². The minimum atomic E-state index is 0.741. The van der Waals surface area contributed by atoms with Gasteiger partial charge in [0.25, 0.3) is 0 Å². The molecule has 3 N–H and O–H groups in total. The Hall–Kier alpha value is -0.520. The van der Waals surface area contributed by atoms with E-state index in [0.29, 0.717) is 0 Å². The molecule has 84 valence electrons. The van der Waals surface area contributed by atoms with Gasteiger partial charge in [0.2, 0.25) is 0 Å². The van der Waals surface area contributed by atoms with Gasteiger partial charge in [-0.1, -0.05) is 6.07 Å². The van der Waals surface area contributed by atoms with Crippen molar-refractivity contribution in [3.63, 3.8) is 0 Å². The van der Waals surface area contributed by atoms with Gasteiger partial charge < -0.3 is 11.1 Å². The van der Waals surface area contributed by atoms with Crippen molar-refractivity contribution in [2.24, 2.45) is 0 Å². The van der Waals surface area contributed by atoms with Gasteiger partial charge in [0.1, 0.15) is 0 Å². The molecule has 0 unspecified atom stereocenters. The molecule has 1 aromatic carbocycles. The highest BCUT2D eigenvalue weighted by molar-refractivity contribution is 9.11. The predicted octanol–water partition coefficient (Wildman–Crippen LogP) is 4.47. The quantitative estimate of drug-likeness (QED) is 0.846. The van der Waals surface area contributed by atoms with Crippen LogP contribution in [0.25, 0.3) is 0 Å². The monoisotopic (exact) mass is 360 g/mol. The van der Waals surface area contributed by atoms with E-state index < -0.39 is 0 Å². The van der Waals surface area contributed by atoms with Gasteiger partial charge in [-0.2, -0.15) is 0 Å². The molecule has 2 nitrogen and oxygen atoms in total. The Balaban J connectivity index is 2.14. The molecule has 0 spiro atoms. The number of nitrogens with two attached hydrogens (primary N) is 1. The lowest BCUT2D eigenvalue weighted by Crippen LogP contribution is -2.01. The maximum absolute atomic E-state index is 5.83. The van der Waals surface area contributed by atoms with Crippen molar-refractivity contribution >= 4 is 54.6 Å². The summed E-state index contributed by atoms with van der Waals surface area (Å²) in [7, 11) is 0. The maximum Gasteiger partial charge on any atom is 0.0631 e. The number of para-hydroxylation sites is 1. The highest BCUT2D eigenvalue weighted by atomic mass is 79.9. The summed E-state index contributed by atoms with van der Waals surface area (Å²) >= 11 is 8.68. The van der Waals surface area contributed by atoms with Crippen LogP contribution in [0.2, 0.25) is 0 Å². The molecule has 5 heteroatoms.